The van der Waals surface area contributed by atoms with Crippen LogP contribution in [0.1, 0.15) is 6.42 Å². The molecule has 1 aliphatic heterocycles. The third kappa shape index (κ3) is 1.51. The predicted octanol–water partition coefficient (Wildman–Crippen LogP) is -0.172. The molecule has 0 bridgehead atoms. The zero-order valence-electron chi connectivity index (χ0n) is 5.26. The molecule has 0 aromatic carbocycles. The fourth-order valence-corrected chi connectivity index (χ4v) is 0.844. The van der Waals surface area contributed by atoms with E-state index in [1.54, 1.807) is 6.08 Å². The Morgan fingerprint density at radius 2 is 2.67 bits per heavy atom. The van der Waals surface area contributed by atoms with E-state index in [9.17, 15) is 5.11 Å². The molecule has 0 aliphatic carbocycles. The van der Waals surface area contributed by atoms with Gasteiger partial charge in [-0.15, -0.1) is 6.58 Å². The number of hydrogen-bond acceptors (Lipinski definition) is 3. The first-order valence-corrected chi connectivity index (χ1v) is 2.99. The smallest absolute Gasteiger partial charge is 0.228 e. The Morgan fingerprint density at radius 1 is 1.89 bits per heavy atom. The lowest BCUT2D eigenvalue weighted by Gasteiger charge is -2.18. The molecule has 1 heterocycles. The number of hydrogen-bond donors (Lipinski definition) is 2. The normalized spacial score (nSPS) is 34.8. The molecule has 0 aromatic heterocycles. The van der Waals surface area contributed by atoms with Crippen LogP contribution in [0, 0.1) is 0 Å². The van der Waals surface area contributed by atoms with Crippen molar-refractivity contribution in [3.63, 3.8) is 0 Å². The Labute approximate surface area is 54.3 Å². The van der Waals surface area contributed by atoms with Crippen LogP contribution in [0.5, 0.6) is 0 Å². The summed E-state index contributed by atoms with van der Waals surface area (Å²) >= 11 is 0. The fraction of sp³-hybridized carbons (Fsp3) is 0.667. The van der Waals surface area contributed by atoms with Gasteiger partial charge in [0.2, 0.25) is 5.91 Å². The number of rotatable bonds is 2. The largest absolute Gasteiger partial charge is 0.353 e. The molecule has 1 atom stereocenters. The summed E-state index contributed by atoms with van der Waals surface area (Å²) in [6.07, 6.45) is 2.06. The van der Waals surface area contributed by atoms with Gasteiger partial charge in [-0.1, -0.05) is 6.08 Å². The Morgan fingerprint density at radius 3 is 3.11 bits per heavy atom. The van der Waals surface area contributed by atoms with E-state index >= 15 is 0 Å². The van der Waals surface area contributed by atoms with Crippen LogP contribution in [0.3, 0.4) is 0 Å². The van der Waals surface area contributed by atoms with Gasteiger partial charge >= 0.3 is 0 Å². The summed E-state index contributed by atoms with van der Waals surface area (Å²) in [4.78, 5) is 0. The Kier molecular flexibility index (Phi) is 1.85. The first kappa shape index (κ1) is 6.74. The van der Waals surface area contributed by atoms with E-state index in [4.69, 9.17) is 4.74 Å². The molecule has 1 fully saturated rings. The first-order valence-electron chi connectivity index (χ1n) is 2.99. The molecule has 0 radical (unpaired) electrons. The van der Waals surface area contributed by atoms with Gasteiger partial charge in [-0.25, -0.2) is 0 Å². The molecule has 1 unspecified atom stereocenters. The number of ether oxygens (including phenoxy) is 1. The summed E-state index contributed by atoms with van der Waals surface area (Å²) < 4.78 is 4.95. The van der Waals surface area contributed by atoms with Gasteiger partial charge in [0.1, 0.15) is 0 Å². The zero-order chi connectivity index (χ0) is 6.74. The summed E-state index contributed by atoms with van der Waals surface area (Å²) in [5.74, 6) is -1.12. The van der Waals surface area contributed by atoms with Crippen molar-refractivity contribution in [2.45, 2.75) is 12.3 Å². The highest BCUT2D eigenvalue weighted by Gasteiger charge is 2.29. The second-order valence-corrected chi connectivity index (χ2v) is 2.05. The van der Waals surface area contributed by atoms with Gasteiger partial charge in [0.15, 0.2) is 0 Å². The second-order valence-electron chi connectivity index (χ2n) is 2.05. The van der Waals surface area contributed by atoms with Crippen LogP contribution < -0.4 is 5.32 Å². The minimum atomic E-state index is -1.12. The molecule has 3 nitrogen and oxygen atoms in total. The summed E-state index contributed by atoms with van der Waals surface area (Å²) in [6, 6.07) is 0. The van der Waals surface area contributed by atoms with Gasteiger partial charge in [0, 0.05) is 13.0 Å². The van der Waals surface area contributed by atoms with Crippen molar-refractivity contribution in [2.75, 3.05) is 13.2 Å². The van der Waals surface area contributed by atoms with Crippen molar-refractivity contribution in [2.24, 2.45) is 0 Å². The maximum absolute atomic E-state index is 9.29. The minimum absolute atomic E-state index is 0.438. The van der Waals surface area contributed by atoms with E-state index in [2.05, 4.69) is 11.9 Å². The summed E-state index contributed by atoms with van der Waals surface area (Å²) in [5.41, 5.74) is 0. The van der Waals surface area contributed by atoms with Gasteiger partial charge in [0.05, 0.1) is 6.61 Å². The van der Waals surface area contributed by atoms with Gasteiger partial charge in [0.25, 0.3) is 0 Å². The maximum Gasteiger partial charge on any atom is 0.228 e. The van der Waals surface area contributed by atoms with Crippen LogP contribution >= 0.6 is 0 Å². The van der Waals surface area contributed by atoms with Crippen LogP contribution in [-0.2, 0) is 4.74 Å². The van der Waals surface area contributed by atoms with Crippen LogP contribution in [0.4, 0.5) is 0 Å². The minimum Gasteiger partial charge on any atom is -0.353 e. The van der Waals surface area contributed by atoms with E-state index in [0.29, 0.717) is 19.6 Å². The standard InChI is InChI=1S/C6H11NO2/c1-2-3-6(8)7-4-5-9-6/h2,7-8H,1,3-5H2. The molecule has 2 N–H and O–H groups in total. The summed E-state index contributed by atoms with van der Waals surface area (Å²) in [5, 5.41) is 12.1. The van der Waals surface area contributed by atoms with E-state index < -0.39 is 5.91 Å². The van der Waals surface area contributed by atoms with E-state index in [-0.39, 0.29) is 0 Å². The van der Waals surface area contributed by atoms with Crippen molar-refractivity contribution in [3.05, 3.63) is 12.7 Å². The maximum atomic E-state index is 9.29. The molecule has 3 heteroatoms. The fourth-order valence-electron chi connectivity index (χ4n) is 0.844. The molecule has 0 spiro atoms. The molecule has 0 aromatic rings. The Hall–Kier alpha value is -0.380. The molecule has 0 amide bonds. The molecule has 1 saturated heterocycles. The van der Waals surface area contributed by atoms with Gasteiger partial charge in [-0.3, -0.25) is 5.32 Å². The average Bonchev–Trinajstić information content (AvgIpc) is 2.16. The highest BCUT2D eigenvalue weighted by molar-refractivity contribution is 4.80. The van der Waals surface area contributed by atoms with Crippen molar-refractivity contribution in [3.8, 4) is 0 Å². The highest BCUT2D eigenvalue weighted by atomic mass is 16.7. The van der Waals surface area contributed by atoms with Crippen LogP contribution in [0.2, 0.25) is 0 Å². The summed E-state index contributed by atoms with van der Waals surface area (Å²) in [6.45, 7) is 4.78. The van der Waals surface area contributed by atoms with Gasteiger partial charge in [-0.05, 0) is 0 Å². The molecular formula is C6H11NO2. The number of aliphatic hydroxyl groups is 1. The van der Waals surface area contributed by atoms with E-state index in [0.717, 1.165) is 0 Å². The number of nitrogens with one attached hydrogen (secondary N) is 1. The van der Waals surface area contributed by atoms with E-state index in [1.165, 1.54) is 0 Å². The highest BCUT2D eigenvalue weighted by Crippen LogP contribution is 2.12. The molecule has 1 aliphatic rings. The van der Waals surface area contributed by atoms with Crippen molar-refractivity contribution < 1.29 is 9.84 Å². The second kappa shape index (κ2) is 2.47. The van der Waals surface area contributed by atoms with Crippen molar-refractivity contribution in [1.29, 1.82) is 0 Å². The van der Waals surface area contributed by atoms with Crippen molar-refractivity contribution >= 4 is 0 Å². The van der Waals surface area contributed by atoms with Crippen LogP contribution in [-0.4, -0.2) is 24.2 Å². The summed E-state index contributed by atoms with van der Waals surface area (Å²) in [7, 11) is 0. The molecule has 1 rings (SSSR count). The van der Waals surface area contributed by atoms with Crippen molar-refractivity contribution in [1.82, 2.24) is 5.32 Å². The molecule has 9 heavy (non-hydrogen) atoms. The topological polar surface area (TPSA) is 41.5 Å². The van der Waals surface area contributed by atoms with Gasteiger partial charge in [-0.2, -0.15) is 0 Å². The van der Waals surface area contributed by atoms with Crippen LogP contribution in [0.25, 0.3) is 0 Å². The first-order chi connectivity index (χ1) is 4.27. The van der Waals surface area contributed by atoms with E-state index in [1.807, 2.05) is 0 Å². The molecular weight excluding hydrogens is 118 g/mol. The van der Waals surface area contributed by atoms with Gasteiger partial charge < -0.3 is 9.84 Å². The lowest BCUT2D eigenvalue weighted by molar-refractivity contribution is -0.181. The lowest BCUT2D eigenvalue weighted by atomic mass is 10.3. The molecule has 52 valence electrons. The molecule has 0 saturated carbocycles. The van der Waals surface area contributed by atoms with Crippen LogP contribution in [0.15, 0.2) is 12.7 Å². The SMILES string of the molecule is C=CCC1(O)NCCO1. The lowest BCUT2D eigenvalue weighted by Crippen LogP contribution is -2.40. The monoisotopic (exact) mass is 129 g/mol. The third-order valence-corrected chi connectivity index (χ3v) is 1.27. The zero-order valence-corrected chi connectivity index (χ0v) is 5.26. The third-order valence-electron chi connectivity index (χ3n) is 1.27. The Balaban J connectivity index is 2.40. The Bertz CT molecular complexity index is 108. The average molecular weight is 129 g/mol. The predicted molar refractivity (Wildman–Crippen MR) is 33.7 cm³/mol. The quantitative estimate of drug-likeness (QED) is 0.508.